The zero-order chi connectivity index (χ0) is 9.78. The molecule has 0 aliphatic carbocycles. The fourth-order valence-corrected chi connectivity index (χ4v) is 0.971. The predicted octanol–water partition coefficient (Wildman–Crippen LogP) is -1.84. The normalized spacial score (nSPS) is 12.6. The molecule has 0 saturated carbocycles. The number of carbonyl (C=O) groups is 1. The van der Waals surface area contributed by atoms with Crippen molar-refractivity contribution in [2.24, 2.45) is 0 Å². The van der Waals surface area contributed by atoms with Crippen LogP contribution in [0.25, 0.3) is 0 Å². The highest BCUT2D eigenvalue weighted by molar-refractivity contribution is 5.81. The predicted molar refractivity (Wildman–Crippen MR) is 48.4 cm³/mol. The number of halogens is 1. The average molecular weight is 191 g/mol. The number of hydrogen-bond donors (Lipinski definition) is 0. The lowest BCUT2D eigenvalue weighted by Crippen LogP contribution is -3.00. The number of hydrogen-bond acceptors (Lipinski definition) is 2. The molecule has 0 heterocycles. The van der Waals surface area contributed by atoms with E-state index in [0.717, 1.165) is 6.42 Å². The molecule has 0 aliphatic heterocycles. The SMILES string of the molecule is C=CC(=O)OC(CC)[N+](C)(C)C.[F-]. The van der Waals surface area contributed by atoms with Gasteiger partial charge in [-0.15, -0.1) is 0 Å². The summed E-state index contributed by atoms with van der Waals surface area (Å²) in [7, 11) is 5.97. The van der Waals surface area contributed by atoms with Gasteiger partial charge in [-0.1, -0.05) is 13.5 Å². The van der Waals surface area contributed by atoms with Crippen molar-refractivity contribution < 1.29 is 18.7 Å². The van der Waals surface area contributed by atoms with E-state index in [-0.39, 0.29) is 16.9 Å². The van der Waals surface area contributed by atoms with Gasteiger partial charge in [0, 0.05) is 12.5 Å². The zero-order valence-corrected chi connectivity index (χ0v) is 8.71. The van der Waals surface area contributed by atoms with E-state index < -0.39 is 0 Å². The minimum absolute atomic E-state index is 0. The third-order valence-electron chi connectivity index (χ3n) is 1.63. The summed E-state index contributed by atoms with van der Waals surface area (Å²) in [6.07, 6.45) is 1.91. The number of quaternary nitrogens is 1. The summed E-state index contributed by atoms with van der Waals surface area (Å²) < 4.78 is 5.75. The number of rotatable bonds is 4. The fourth-order valence-electron chi connectivity index (χ4n) is 0.971. The first-order valence-electron chi connectivity index (χ1n) is 4.06. The van der Waals surface area contributed by atoms with Gasteiger partial charge < -0.3 is 9.44 Å². The van der Waals surface area contributed by atoms with Crippen LogP contribution in [0, 0.1) is 0 Å². The second-order valence-electron chi connectivity index (χ2n) is 3.62. The lowest BCUT2D eigenvalue weighted by Gasteiger charge is -2.32. The molecule has 0 aromatic carbocycles. The maximum atomic E-state index is 10.9. The molecule has 0 radical (unpaired) electrons. The van der Waals surface area contributed by atoms with Crippen molar-refractivity contribution in [1.82, 2.24) is 0 Å². The number of ether oxygens (including phenoxy) is 1. The number of esters is 1. The molecule has 0 amide bonds. The Morgan fingerprint density at radius 1 is 1.54 bits per heavy atom. The Balaban J connectivity index is 0. The molecule has 0 fully saturated rings. The summed E-state index contributed by atoms with van der Waals surface area (Å²) in [5, 5.41) is 0. The van der Waals surface area contributed by atoms with Gasteiger partial charge in [0.15, 0.2) is 0 Å². The molecule has 0 spiro atoms. The molecular formula is C9H18FNO2. The first kappa shape index (κ1) is 14.6. The van der Waals surface area contributed by atoms with Gasteiger partial charge in [-0.05, 0) is 0 Å². The second kappa shape index (κ2) is 5.70. The van der Waals surface area contributed by atoms with Crippen LogP contribution < -0.4 is 4.70 Å². The average Bonchev–Trinajstić information content (AvgIpc) is 1.97. The van der Waals surface area contributed by atoms with E-state index in [1.54, 1.807) is 0 Å². The maximum Gasteiger partial charge on any atom is 0.334 e. The van der Waals surface area contributed by atoms with Crippen molar-refractivity contribution in [1.29, 1.82) is 0 Å². The fraction of sp³-hybridized carbons (Fsp3) is 0.667. The van der Waals surface area contributed by atoms with Crippen molar-refractivity contribution in [3.63, 3.8) is 0 Å². The standard InChI is InChI=1S/C9H18NO2.FH/c1-6-8(10(3,4)5)12-9(11)7-2;/h7-8H,2,6H2,1,3-5H3;1H/q+1;/p-1. The highest BCUT2D eigenvalue weighted by Crippen LogP contribution is 2.08. The molecule has 0 N–H and O–H groups in total. The Morgan fingerprint density at radius 3 is 2.23 bits per heavy atom. The molecule has 0 bridgehead atoms. The lowest BCUT2D eigenvalue weighted by atomic mass is 10.3. The summed E-state index contributed by atoms with van der Waals surface area (Å²) in [5.74, 6) is -0.352. The number of carbonyl (C=O) groups excluding carboxylic acids is 1. The van der Waals surface area contributed by atoms with Crippen LogP contribution in [0.15, 0.2) is 12.7 Å². The van der Waals surface area contributed by atoms with Gasteiger partial charge in [0.1, 0.15) is 0 Å². The van der Waals surface area contributed by atoms with E-state index in [1.165, 1.54) is 6.08 Å². The van der Waals surface area contributed by atoms with Gasteiger partial charge in [-0.3, -0.25) is 4.48 Å². The minimum atomic E-state index is -0.352. The molecule has 0 saturated heterocycles. The summed E-state index contributed by atoms with van der Waals surface area (Å²) >= 11 is 0. The zero-order valence-electron chi connectivity index (χ0n) is 8.71. The molecule has 0 aliphatic rings. The van der Waals surface area contributed by atoms with Crippen LogP contribution in [0.4, 0.5) is 0 Å². The summed E-state index contributed by atoms with van der Waals surface area (Å²) in [6.45, 7) is 5.34. The Bertz CT molecular complexity index is 175. The molecule has 13 heavy (non-hydrogen) atoms. The monoisotopic (exact) mass is 191 g/mol. The summed E-state index contributed by atoms with van der Waals surface area (Å²) in [6, 6.07) is 0. The highest BCUT2D eigenvalue weighted by Gasteiger charge is 2.24. The van der Waals surface area contributed by atoms with Crippen LogP contribution in [-0.2, 0) is 9.53 Å². The van der Waals surface area contributed by atoms with Gasteiger partial charge >= 0.3 is 5.97 Å². The van der Waals surface area contributed by atoms with E-state index in [4.69, 9.17) is 4.74 Å². The third-order valence-corrected chi connectivity index (χ3v) is 1.63. The van der Waals surface area contributed by atoms with Crippen molar-refractivity contribution in [3.8, 4) is 0 Å². The van der Waals surface area contributed by atoms with Crippen LogP contribution in [-0.4, -0.2) is 37.8 Å². The van der Waals surface area contributed by atoms with E-state index in [2.05, 4.69) is 6.58 Å². The first-order valence-corrected chi connectivity index (χ1v) is 4.06. The van der Waals surface area contributed by atoms with Gasteiger partial charge in [0.25, 0.3) is 0 Å². The van der Waals surface area contributed by atoms with Crippen molar-refractivity contribution >= 4 is 5.97 Å². The minimum Gasteiger partial charge on any atom is -1.00 e. The molecule has 1 unspecified atom stereocenters. The van der Waals surface area contributed by atoms with Crippen LogP contribution in [0.2, 0.25) is 0 Å². The second-order valence-corrected chi connectivity index (χ2v) is 3.62. The van der Waals surface area contributed by atoms with Crippen molar-refractivity contribution in [3.05, 3.63) is 12.7 Å². The maximum absolute atomic E-state index is 10.9. The summed E-state index contributed by atoms with van der Waals surface area (Å²) in [5.41, 5.74) is 0. The highest BCUT2D eigenvalue weighted by atomic mass is 19.0. The Hall–Kier alpha value is -0.900. The largest absolute Gasteiger partial charge is 1.00 e. The molecule has 78 valence electrons. The molecule has 4 heteroatoms. The van der Waals surface area contributed by atoms with Crippen LogP contribution in [0.1, 0.15) is 13.3 Å². The Kier molecular flexibility index (Phi) is 6.40. The molecular weight excluding hydrogens is 173 g/mol. The van der Waals surface area contributed by atoms with E-state index in [9.17, 15) is 4.79 Å². The van der Waals surface area contributed by atoms with E-state index in [1.807, 2.05) is 28.1 Å². The first-order chi connectivity index (χ1) is 5.41. The van der Waals surface area contributed by atoms with Crippen LogP contribution in [0.3, 0.4) is 0 Å². The van der Waals surface area contributed by atoms with Gasteiger partial charge in [0.2, 0.25) is 6.23 Å². The van der Waals surface area contributed by atoms with E-state index in [0.29, 0.717) is 4.48 Å². The van der Waals surface area contributed by atoms with Gasteiger partial charge in [-0.25, -0.2) is 4.79 Å². The molecule has 3 nitrogen and oxygen atoms in total. The Morgan fingerprint density at radius 2 is 2.00 bits per heavy atom. The molecule has 0 aromatic heterocycles. The van der Waals surface area contributed by atoms with E-state index >= 15 is 0 Å². The van der Waals surface area contributed by atoms with Crippen molar-refractivity contribution in [2.45, 2.75) is 19.6 Å². The molecule has 1 atom stereocenters. The molecule has 0 aromatic rings. The van der Waals surface area contributed by atoms with Crippen LogP contribution >= 0.6 is 0 Å². The third kappa shape index (κ3) is 5.36. The Labute approximate surface area is 78.9 Å². The molecule has 0 rings (SSSR count). The number of nitrogens with zero attached hydrogens (tertiary/aromatic N) is 1. The topological polar surface area (TPSA) is 26.3 Å². The quantitative estimate of drug-likeness (QED) is 0.226. The van der Waals surface area contributed by atoms with Crippen molar-refractivity contribution in [2.75, 3.05) is 21.1 Å². The lowest BCUT2D eigenvalue weighted by molar-refractivity contribution is -0.916. The van der Waals surface area contributed by atoms with Crippen LogP contribution in [0.5, 0.6) is 0 Å². The summed E-state index contributed by atoms with van der Waals surface area (Å²) in [4.78, 5) is 10.9. The smallest absolute Gasteiger partial charge is 0.334 e. The van der Waals surface area contributed by atoms with Gasteiger partial charge in [-0.2, -0.15) is 0 Å². The van der Waals surface area contributed by atoms with Gasteiger partial charge in [0.05, 0.1) is 21.1 Å².